The molecular weight excluding hydrogens is 316 g/mol. The van der Waals surface area contributed by atoms with Crippen LogP contribution >= 0.6 is 0 Å². The molecule has 0 unspecified atom stereocenters. The maximum absolute atomic E-state index is 4.70. The van der Waals surface area contributed by atoms with E-state index in [2.05, 4.69) is 84.9 Å². The number of aromatic nitrogens is 2. The Kier molecular flexibility index (Phi) is 4.83. The first-order valence-electron chi connectivity index (χ1n) is 8.85. The lowest BCUT2D eigenvalue weighted by Gasteiger charge is -2.27. The van der Waals surface area contributed by atoms with Crippen molar-refractivity contribution in [1.82, 2.24) is 9.97 Å². The number of rotatable bonds is 5. The summed E-state index contributed by atoms with van der Waals surface area (Å²) >= 11 is 0. The Balaban J connectivity index is 1.93. The minimum Gasteiger partial charge on any atom is -0.261 e. The summed E-state index contributed by atoms with van der Waals surface area (Å²) in [6, 6.07) is 33.4. The van der Waals surface area contributed by atoms with Gasteiger partial charge in [-0.1, -0.05) is 72.8 Å². The molecule has 0 N–H and O–H groups in total. The Morgan fingerprint density at radius 3 is 1.15 bits per heavy atom. The lowest BCUT2D eigenvalue weighted by Crippen LogP contribution is -2.16. The fourth-order valence-corrected chi connectivity index (χ4v) is 3.51. The molecule has 0 spiro atoms. The molecule has 4 aromatic rings. The summed E-state index contributed by atoms with van der Waals surface area (Å²) in [6.45, 7) is 0. The normalized spacial score (nSPS) is 13.1. The summed E-state index contributed by atoms with van der Waals surface area (Å²) < 4.78 is 0. The second-order valence-corrected chi connectivity index (χ2v) is 6.29. The smallest absolute Gasteiger partial charge is 0.0488 e. The Labute approximate surface area is 154 Å². The molecule has 126 valence electrons. The molecule has 2 heterocycles. The van der Waals surface area contributed by atoms with Crippen molar-refractivity contribution in [3.8, 4) is 0 Å². The Morgan fingerprint density at radius 2 is 0.808 bits per heavy atom. The van der Waals surface area contributed by atoms with Crippen LogP contribution in [0.5, 0.6) is 0 Å². The first-order valence-corrected chi connectivity index (χ1v) is 8.85. The predicted octanol–water partition coefficient (Wildman–Crippen LogP) is 5.44. The average Bonchev–Trinajstić information content (AvgIpc) is 2.74. The van der Waals surface area contributed by atoms with Crippen LogP contribution in [0.3, 0.4) is 0 Å². The van der Waals surface area contributed by atoms with Crippen molar-refractivity contribution < 1.29 is 0 Å². The average molecular weight is 336 g/mol. The zero-order valence-electron chi connectivity index (χ0n) is 14.4. The fourth-order valence-electron chi connectivity index (χ4n) is 3.51. The predicted molar refractivity (Wildman–Crippen MR) is 105 cm³/mol. The molecule has 2 atom stereocenters. The van der Waals surface area contributed by atoms with Gasteiger partial charge in [0.15, 0.2) is 0 Å². The summed E-state index contributed by atoms with van der Waals surface area (Å²) in [5, 5.41) is 0. The molecule has 0 aliphatic rings. The van der Waals surface area contributed by atoms with Gasteiger partial charge in [-0.05, 0) is 35.4 Å². The number of nitrogens with zero attached hydrogens (tertiary/aromatic N) is 2. The highest BCUT2D eigenvalue weighted by molar-refractivity contribution is 5.40. The first-order chi connectivity index (χ1) is 12.9. The third-order valence-corrected chi connectivity index (χ3v) is 4.66. The molecule has 0 saturated carbocycles. The molecule has 2 aromatic carbocycles. The van der Waals surface area contributed by atoms with Gasteiger partial charge < -0.3 is 0 Å². The van der Waals surface area contributed by atoms with Gasteiger partial charge in [-0.15, -0.1) is 0 Å². The summed E-state index contributed by atoms with van der Waals surface area (Å²) in [7, 11) is 0. The summed E-state index contributed by atoms with van der Waals surface area (Å²) in [5.41, 5.74) is 4.59. The van der Waals surface area contributed by atoms with E-state index in [9.17, 15) is 0 Å². The van der Waals surface area contributed by atoms with E-state index in [1.54, 1.807) is 0 Å². The van der Waals surface area contributed by atoms with Crippen molar-refractivity contribution in [3.63, 3.8) is 0 Å². The van der Waals surface area contributed by atoms with Crippen LogP contribution in [-0.2, 0) is 0 Å². The van der Waals surface area contributed by atoms with E-state index in [0.717, 1.165) is 11.4 Å². The molecule has 2 nitrogen and oxygen atoms in total. The number of hydrogen-bond donors (Lipinski definition) is 0. The van der Waals surface area contributed by atoms with E-state index >= 15 is 0 Å². The van der Waals surface area contributed by atoms with Crippen LogP contribution in [0.25, 0.3) is 0 Å². The van der Waals surface area contributed by atoms with Crippen LogP contribution in [0.2, 0.25) is 0 Å². The zero-order valence-corrected chi connectivity index (χ0v) is 14.4. The van der Waals surface area contributed by atoms with Gasteiger partial charge in [0, 0.05) is 35.6 Å². The third-order valence-electron chi connectivity index (χ3n) is 4.66. The van der Waals surface area contributed by atoms with Gasteiger partial charge in [0.1, 0.15) is 0 Å². The van der Waals surface area contributed by atoms with E-state index in [0.29, 0.717) is 0 Å². The molecule has 0 saturated heterocycles. The molecule has 2 heteroatoms. The van der Waals surface area contributed by atoms with Gasteiger partial charge in [-0.2, -0.15) is 0 Å². The number of hydrogen-bond acceptors (Lipinski definition) is 2. The van der Waals surface area contributed by atoms with Gasteiger partial charge in [0.25, 0.3) is 0 Å². The monoisotopic (exact) mass is 336 g/mol. The molecule has 0 radical (unpaired) electrons. The van der Waals surface area contributed by atoms with E-state index in [1.165, 1.54) is 11.1 Å². The second kappa shape index (κ2) is 7.75. The molecule has 4 rings (SSSR count). The molecule has 0 aliphatic heterocycles. The maximum Gasteiger partial charge on any atom is 0.0488 e. The Bertz CT molecular complexity index is 763. The third kappa shape index (κ3) is 3.40. The molecular formula is C24H20N2. The van der Waals surface area contributed by atoms with Gasteiger partial charge in [0.05, 0.1) is 0 Å². The Hall–Kier alpha value is -3.26. The van der Waals surface area contributed by atoms with Crippen LogP contribution < -0.4 is 0 Å². The highest BCUT2D eigenvalue weighted by Gasteiger charge is 2.29. The highest BCUT2D eigenvalue weighted by atomic mass is 14.7. The summed E-state index contributed by atoms with van der Waals surface area (Å²) in [4.78, 5) is 9.40. The van der Waals surface area contributed by atoms with E-state index in [1.807, 2.05) is 24.5 Å². The van der Waals surface area contributed by atoms with E-state index in [-0.39, 0.29) is 11.8 Å². The van der Waals surface area contributed by atoms with Crippen molar-refractivity contribution in [2.75, 3.05) is 0 Å². The van der Waals surface area contributed by atoms with Crippen LogP contribution in [0.15, 0.2) is 109 Å². The lowest BCUT2D eigenvalue weighted by atomic mass is 9.77. The van der Waals surface area contributed by atoms with E-state index < -0.39 is 0 Å². The maximum atomic E-state index is 4.70. The topological polar surface area (TPSA) is 25.8 Å². The van der Waals surface area contributed by atoms with Crippen molar-refractivity contribution in [2.45, 2.75) is 11.8 Å². The fraction of sp³-hybridized carbons (Fsp3) is 0.0833. The van der Waals surface area contributed by atoms with Crippen LogP contribution in [0, 0.1) is 0 Å². The van der Waals surface area contributed by atoms with Crippen LogP contribution in [0.4, 0.5) is 0 Å². The van der Waals surface area contributed by atoms with Crippen molar-refractivity contribution >= 4 is 0 Å². The number of pyridine rings is 2. The largest absolute Gasteiger partial charge is 0.261 e. The first kappa shape index (κ1) is 16.2. The molecule has 0 fully saturated rings. The van der Waals surface area contributed by atoms with Crippen LogP contribution in [0.1, 0.15) is 34.4 Å². The molecule has 0 amide bonds. The molecule has 0 aliphatic carbocycles. The molecule has 2 aromatic heterocycles. The number of benzene rings is 2. The van der Waals surface area contributed by atoms with Gasteiger partial charge >= 0.3 is 0 Å². The van der Waals surface area contributed by atoms with Crippen molar-refractivity contribution in [2.24, 2.45) is 0 Å². The standard InChI is InChI=1S/C24H20N2/c1-3-11-19(12-4-1)23(21-15-7-9-17-25-21)24(20-13-5-2-6-14-20)22-16-8-10-18-26-22/h1-18,23-24H/t23-,24+. The van der Waals surface area contributed by atoms with E-state index in [4.69, 9.17) is 9.97 Å². The van der Waals surface area contributed by atoms with Crippen molar-refractivity contribution in [3.05, 3.63) is 132 Å². The molecule has 0 bridgehead atoms. The second-order valence-electron chi connectivity index (χ2n) is 6.29. The highest BCUT2D eigenvalue weighted by Crippen LogP contribution is 2.41. The lowest BCUT2D eigenvalue weighted by molar-refractivity contribution is 0.657. The van der Waals surface area contributed by atoms with Gasteiger partial charge in [-0.25, -0.2) is 0 Å². The van der Waals surface area contributed by atoms with Gasteiger partial charge in [0.2, 0.25) is 0 Å². The minimum absolute atomic E-state index is 0.0923. The molecule has 26 heavy (non-hydrogen) atoms. The summed E-state index contributed by atoms with van der Waals surface area (Å²) in [5.74, 6) is 0.185. The minimum atomic E-state index is 0.0923. The summed E-state index contributed by atoms with van der Waals surface area (Å²) in [6.07, 6.45) is 3.73. The van der Waals surface area contributed by atoms with Gasteiger partial charge in [-0.3, -0.25) is 9.97 Å². The van der Waals surface area contributed by atoms with Crippen molar-refractivity contribution in [1.29, 1.82) is 0 Å². The van der Waals surface area contributed by atoms with Crippen LogP contribution in [-0.4, -0.2) is 9.97 Å². The Morgan fingerprint density at radius 1 is 0.423 bits per heavy atom. The quantitative estimate of drug-likeness (QED) is 0.485. The SMILES string of the molecule is c1ccc([C@H](c2ccccn2)[C@@H](c2ccccc2)c2ccccn2)cc1. The zero-order chi connectivity index (χ0) is 17.6.